The van der Waals surface area contributed by atoms with Crippen molar-refractivity contribution in [3.63, 3.8) is 0 Å². The molecule has 1 aromatic carbocycles. The fourth-order valence-electron chi connectivity index (χ4n) is 3.55. The third-order valence-corrected chi connectivity index (χ3v) is 5.15. The third-order valence-electron chi connectivity index (χ3n) is 4.91. The van der Waals surface area contributed by atoms with Crippen molar-refractivity contribution >= 4 is 11.6 Å². The zero-order valence-electron chi connectivity index (χ0n) is 13.4. The minimum atomic E-state index is 0.292. The quantitative estimate of drug-likeness (QED) is 0.910. The maximum atomic E-state index is 6.15. The predicted molar refractivity (Wildman–Crippen MR) is 89.6 cm³/mol. The van der Waals surface area contributed by atoms with Crippen molar-refractivity contribution in [3.8, 4) is 0 Å². The zero-order valence-corrected chi connectivity index (χ0v) is 14.2. The van der Waals surface area contributed by atoms with E-state index in [2.05, 4.69) is 49.2 Å². The lowest BCUT2D eigenvalue weighted by Crippen LogP contribution is -2.60. The van der Waals surface area contributed by atoms with E-state index < -0.39 is 0 Å². The highest BCUT2D eigenvalue weighted by Gasteiger charge is 2.40. The first-order valence-electron chi connectivity index (χ1n) is 8.15. The Kier molecular flexibility index (Phi) is 4.31. The van der Waals surface area contributed by atoms with E-state index in [-0.39, 0.29) is 0 Å². The van der Waals surface area contributed by atoms with E-state index >= 15 is 0 Å². The van der Waals surface area contributed by atoms with Gasteiger partial charge in [0.05, 0.1) is 0 Å². The standard InChI is InChI=1S/C18H27ClN2/c1-18(2,3)17-10-20-16(14-7-8-14)12-21(17)11-13-5-4-6-15(19)9-13/h4-6,9,14,16-17,20H,7-8,10-12H2,1-3H3. The Morgan fingerprint density at radius 2 is 2.05 bits per heavy atom. The second kappa shape index (κ2) is 5.91. The molecule has 0 aromatic heterocycles. The molecule has 3 heteroatoms. The van der Waals surface area contributed by atoms with Gasteiger partial charge in [-0.15, -0.1) is 0 Å². The van der Waals surface area contributed by atoms with E-state index in [9.17, 15) is 0 Å². The fraction of sp³-hybridized carbons (Fsp3) is 0.667. The van der Waals surface area contributed by atoms with Gasteiger partial charge in [-0.05, 0) is 41.9 Å². The van der Waals surface area contributed by atoms with Gasteiger partial charge in [0.2, 0.25) is 0 Å². The Labute approximate surface area is 133 Å². The maximum Gasteiger partial charge on any atom is 0.0409 e. The smallest absolute Gasteiger partial charge is 0.0409 e. The molecule has 0 bridgehead atoms. The number of nitrogens with zero attached hydrogens (tertiary/aromatic N) is 1. The van der Waals surface area contributed by atoms with E-state index in [1.54, 1.807) is 0 Å². The Morgan fingerprint density at radius 3 is 2.67 bits per heavy atom. The lowest BCUT2D eigenvalue weighted by atomic mass is 9.83. The average Bonchev–Trinajstić information content (AvgIpc) is 3.21. The van der Waals surface area contributed by atoms with Gasteiger partial charge in [0.15, 0.2) is 0 Å². The van der Waals surface area contributed by atoms with Crippen LogP contribution in [-0.4, -0.2) is 30.1 Å². The van der Waals surface area contributed by atoms with Gasteiger partial charge in [0.25, 0.3) is 0 Å². The van der Waals surface area contributed by atoms with Crippen molar-refractivity contribution in [2.45, 2.75) is 52.2 Å². The molecule has 0 spiro atoms. The summed E-state index contributed by atoms with van der Waals surface area (Å²) in [6, 6.07) is 9.57. The highest BCUT2D eigenvalue weighted by Crippen LogP contribution is 2.36. The molecule has 0 amide bonds. The number of benzene rings is 1. The van der Waals surface area contributed by atoms with Gasteiger partial charge < -0.3 is 5.32 Å². The predicted octanol–water partition coefficient (Wildman–Crippen LogP) is 3.94. The summed E-state index contributed by atoms with van der Waals surface area (Å²) >= 11 is 6.15. The molecule has 116 valence electrons. The first-order valence-corrected chi connectivity index (χ1v) is 8.53. The van der Waals surface area contributed by atoms with Crippen LogP contribution in [0.5, 0.6) is 0 Å². The van der Waals surface area contributed by atoms with E-state index in [1.165, 1.54) is 24.9 Å². The normalized spacial score (nSPS) is 27.8. The van der Waals surface area contributed by atoms with Crippen molar-refractivity contribution < 1.29 is 0 Å². The van der Waals surface area contributed by atoms with Crippen LogP contribution in [0.2, 0.25) is 5.02 Å². The summed E-state index contributed by atoms with van der Waals surface area (Å²) in [7, 11) is 0. The number of rotatable bonds is 3. The second-order valence-corrected chi connectivity index (χ2v) is 8.23. The van der Waals surface area contributed by atoms with Crippen molar-refractivity contribution in [1.82, 2.24) is 10.2 Å². The third kappa shape index (κ3) is 3.80. The molecule has 2 atom stereocenters. The number of nitrogens with one attached hydrogen (secondary N) is 1. The lowest BCUT2D eigenvalue weighted by Gasteiger charge is -2.46. The Hall–Kier alpha value is -0.570. The Bertz CT molecular complexity index is 490. The van der Waals surface area contributed by atoms with E-state index in [4.69, 9.17) is 11.6 Å². The van der Waals surface area contributed by atoms with Crippen LogP contribution in [0.4, 0.5) is 0 Å². The average molecular weight is 307 g/mol. The van der Waals surface area contributed by atoms with Crippen molar-refractivity contribution in [1.29, 1.82) is 0 Å². The van der Waals surface area contributed by atoms with Gasteiger partial charge in [0.1, 0.15) is 0 Å². The van der Waals surface area contributed by atoms with Crippen LogP contribution in [-0.2, 0) is 6.54 Å². The van der Waals surface area contributed by atoms with Crippen LogP contribution < -0.4 is 5.32 Å². The largest absolute Gasteiger partial charge is 0.311 e. The van der Waals surface area contributed by atoms with Crippen molar-refractivity contribution in [3.05, 3.63) is 34.9 Å². The summed E-state index contributed by atoms with van der Waals surface area (Å²) in [5, 5.41) is 4.64. The molecule has 0 radical (unpaired) electrons. The van der Waals surface area contributed by atoms with Gasteiger partial charge in [0, 0.05) is 36.7 Å². The van der Waals surface area contributed by atoms with Gasteiger partial charge in [-0.25, -0.2) is 0 Å². The Morgan fingerprint density at radius 1 is 1.29 bits per heavy atom. The first kappa shape index (κ1) is 15.3. The second-order valence-electron chi connectivity index (χ2n) is 7.79. The molecule has 1 aliphatic carbocycles. The SMILES string of the molecule is CC(C)(C)C1CNC(C2CC2)CN1Cc1cccc(Cl)c1. The number of halogens is 1. The van der Waals surface area contributed by atoms with Crippen molar-refractivity contribution in [2.75, 3.05) is 13.1 Å². The highest BCUT2D eigenvalue weighted by atomic mass is 35.5. The molecular weight excluding hydrogens is 280 g/mol. The summed E-state index contributed by atoms with van der Waals surface area (Å²) < 4.78 is 0. The van der Waals surface area contributed by atoms with Crippen LogP contribution in [0.1, 0.15) is 39.2 Å². The Balaban J connectivity index is 1.75. The van der Waals surface area contributed by atoms with Crippen LogP contribution in [0.25, 0.3) is 0 Å². The summed E-state index contributed by atoms with van der Waals surface area (Å²) in [5.74, 6) is 0.910. The fourth-order valence-corrected chi connectivity index (χ4v) is 3.76. The maximum absolute atomic E-state index is 6.15. The summed E-state index contributed by atoms with van der Waals surface area (Å²) in [4.78, 5) is 2.67. The molecule has 1 aliphatic heterocycles. The molecule has 2 fully saturated rings. The van der Waals surface area contributed by atoms with Gasteiger partial charge in [-0.3, -0.25) is 4.90 Å². The van der Waals surface area contributed by atoms with Gasteiger partial charge in [-0.2, -0.15) is 0 Å². The summed E-state index contributed by atoms with van der Waals surface area (Å²) in [5.41, 5.74) is 1.62. The summed E-state index contributed by atoms with van der Waals surface area (Å²) in [6.45, 7) is 10.3. The number of hydrogen-bond acceptors (Lipinski definition) is 2. The molecule has 1 heterocycles. The molecule has 1 N–H and O–H groups in total. The summed E-state index contributed by atoms with van der Waals surface area (Å²) in [6.07, 6.45) is 2.81. The van der Waals surface area contributed by atoms with Crippen LogP contribution in [0.3, 0.4) is 0 Å². The van der Waals surface area contributed by atoms with E-state index in [0.717, 1.165) is 24.0 Å². The van der Waals surface area contributed by atoms with Crippen LogP contribution in [0, 0.1) is 11.3 Å². The molecule has 21 heavy (non-hydrogen) atoms. The molecule has 2 aliphatic rings. The van der Waals surface area contributed by atoms with E-state index in [1.807, 2.05) is 6.07 Å². The first-order chi connectivity index (χ1) is 9.93. The van der Waals surface area contributed by atoms with Gasteiger partial charge >= 0.3 is 0 Å². The molecule has 1 saturated heterocycles. The van der Waals surface area contributed by atoms with Gasteiger partial charge in [-0.1, -0.05) is 44.5 Å². The topological polar surface area (TPSA) is 15.3 Å². The molecule has 1 aromatic rings. The minimum Gasteiger partial charge on any atom is -0.311 e. The monoisotopic (exact) mass is 306 g/mol. The van der Waals surface area contributed by atoms with Crippen LogP contribution in [0.15, 0.2) is 24.3 Å². The molecule has 2 nitrogen and oxygen atoms in total. The molecule has 2 unspecified atom stereocenters. The van der Waals surface area contributed by atoms with Crippen molar-refractivity contribution in [2.24, 2.45) is 11.3 Å². The van der Waals surface area contributed by atoms with Crippen LogP contribution >= 0.6 is 11.6 Å². The number of hydrogen-bond donors (Lipinski definition) is 1. The zero-order chi connectivity index (χ0) is 15.0. The highest BCUT2D eigenvalue weighted by molar-refractivity contribution is 6.30. The number of piperazine rings is 1. The molecule has 3 rings (SSSR count). The molecule has 1 saturated carbocycles. The van der Waals surface area contributed by atoms with E-state index in [0.29, 0.717) is 17.5 Å². The molecular formula is C18H27ClN2. The lowest BCUT2D eigenvalue weighted by molar-refractivity contribution is 0.0449. The minimum absolute atomic E-state index is 0.292.